The molecular weight excluding hydrogens is 568 g/mol. The van der Waals surface area contributed by atoms with Gasteiger partial charge in [-0.3, -0.25) is 9.59 Å². The minimum Gasteiger partial charge on any atom is -0.497 e. The predicted octanol–water partition coefficient (Wildman–Crippen LogP) is 6.49. The molecular formula is C33H39BrN2O4. The Morgan fingerprint density at radius 3 is 2.40 bits per heavy atom. The first kappa shape index (κ1) is 29.7. The largest absolute Gasteiger partial charge is 0.497 e. The second-order valence-electron chi connectivity index (χ2n) is 10.3. The summed E-state index contributed by atoms with van der Waals surface area (Å²) in [7, 11) is 1.62. The van der Waals surface area contributed by atoms with E-state index in [0.717, 1.165) is 47.7 Å². The molecule has 1 N–H and O–H groups in total. The summed E-state index contributed by atoms with van der Waals surface area (Å²) < 4.78 is 12.2. The van der Waals surface area contributed by atoms with Crippen LogP contribution in [0.5, 0.6) is 11.5 Å². The van der Waals surface area contributed by atoms with Gasteiger partial charge in [0, 0.05) is 19.0 Å². The van der Waals surface area contributed by atoms with Crippen LogP contribution in [-0.2, 0) is 29.0 Å². The van der Waals surface area contributed by atoms with Crippen molar-refractivity contribution < 1.29 is 19.1 Å². The van der Waals surface area contributed by atoms with Crippen LogP contribution in [0, 0.1) is 0 Å². The lowest BCUT2D eigenvalue weighted by Crippen LogP contribution is -2.53. The monoisotopic (exact) mass is 606 g/mol. The normalized spacial score (nSPS) is 14.3. The molecule has 1 aliphatic carbocycles. The smallest absolute Gasteiger partial charge is 0.261 e. The van der Waals surface area contributed by atoms with E-state index in [1.165, 1.54) is 12.0 Å². The Kier molecular flexibility index (Phi) is 11.0. The van der Waals surface area contributed by atoms with Crippen LogP contribution in [0.2, 0.25) is 0 Å². The SMILES string of the molecule is CCc1ccc(OCC(=O)N(Cc2cccc(OC)c2)[C@@H](Cc2ccccc2)C(=O)NC2CCCCC2)c(Br)c1. The maximum absolute atomic E-state index is 13.9. The number of rotatable bonds is 12. The molecule has 7 heteroatoms. The topological polar surface area (TPSA) is 67.9 Å². The summed E-state index contributed by atoms with van der Waals surface area (Å²) in [5.41, 5.74) is 3.05. The molecule has 0 spiro atoms. The van der Waals surface area contributed by atoms with Gasteiger partial charge in [-0.25, -0.2) is 0 Å². The molecule has 3 aromatic carbocycles. The molecule has 4 rings (SSSR count). The molecule has 212 valence electrons. The van der Waals surface area contributed by atoms with E-state index in [0.29, 0.717) is 17.9 Å². The first-order valence-corrected chi connectivity index (χ1v) is 14.9. The number of hydrogen-bond donors (Lipinski definition) is 1. The second-order valence-corrected chi connectivity index (χ2v) is 11.2. The number of nitrogens with zero attached hydrogens (tertiary/aromatic N) is 1. The Bertz CT molecular complexity index is 1260. The van der Waals surface area contributed by atoms with Gasteiger partial charge in [0.15, 0.2) is 6.61 Å². The van der Waals surface area contributed by atoms with Gasteiger partial charge in [0.25, 0.3) is 5.91 Å². The van der Waals surface area contributed by atoms with Crippen LogP contribution < -0.4 is 14.8 Å². The van der Waals surface area contributed by atoms with Crippen molar-refractivity contribution in [3.63, 3.8) is 0 Å². The van der Waals surface area contributed by atoms with Crippen LogP contribution in [0.1, 0.15) is 55.7 Å². The van der Waals surface area contributed by atoms with E-state index in [9.17, 15) is 9.59 Å². The summed E-state index contributed by atoms with van der Waals surface area (Å²) in [5.74, 6) is 0.917. The quantitative estimate of drug-likeness (QED) is 0.256. The van der Waals surface area contributed by atoms with Crippen LogP contribution in [0.25, 0.3) is 0 Å². The van der Waals surface area contributed by atoms with Crippen molar-refractivity contribution in [2.24, 2.45) is 0 Å². The van der Waals surface area contributed by atoms with Gasteiger partial charge in [0.05, 0.1) is 11.6 Å². The highest BCUT2D eigenvalue weighted by molar-refractivity contribution is 9.10. The number of benzene rings is 3. The molecule has 6 nitrogen and oxygen atoms in total. The molecule has 0 saturated heterocycles. The summed E-state index contributed by atoms with van der Waals surface area (Å²) in [5, 5.41) is 3.27. The van der Waals surface area contributed by atoms with Gasteiger partial charge in [-0.05, 0) is 76.1 Å². The number of amides is 2. The third-order valence-corrected chi connectivity index (χ3v) is 8.09. The fourth-order valence-electron chi connectivity index (χ4n) is 5.17. The average Bonchev–Trinajstić information content (AvgIpc) is 2.99. The van der Waals surface area contributed by atoms with E-state index in [4.69, 9.17) is 9.47 Å². The Hall–Kier alpha value is -3.32. The van der Waals surface area contributed by atoms with E-state index in [1.807, 2.05) is 72.8 Å². The van der Waals surface area contributed by atoms with Crippen LogP contribution in [0.15, 0.2) is 77.3 Å². The second kappa shape index (κ2) is 14.9. The number of methoxy groups -OCH3 is 1. The minimum atomic E-state index is -0.697. The molecule has 0 bridgehead atoms. The van der Waals surface area contributed by atoms with Crippen LogP contribution >= 0.6 is 15.9 Å². The Balaban J connectivity index is 1.62. The van der Waals surface area contributed by atoms with Gasteiger partial charge in [-0.2, -0.15) is 0 Å². The maximum Gasteiger partial charge on any atom is 0.261 e. The zero-order chi connectivity index (χ0) is 28.3. The summed E-state index contributed by atoms with van der Waals surface area (Å²) >= 11 is 3.57. The molecule has 3 aromatic rings. The third kappa shape index (κ3) is 8.34. The zero-order valence-corrected chi connectivity index (χ0v) is 25.0. The number of aryl methyl sites for hydroxylation is 1. The molecule has 0 aromatic heterocycles. The van der Waals surface area contributed by atoms with Crippen molar-refractivity contribution in [1.82, 2.24) is 10.2 Å². The first-order valence-electron chi connectivity index (χ1n) is 14.1. The standard InChI is InChI=1S/C33H39BrN2O4/c1-3-24-17-18-31(29(34)20-24)40-23-32(37)36(22-26-13-10-16-28(19-26)39-2)30(21-25-11-6-4-7-12-25)33(38)35-27-14-8-5-9-15-27/h4,6-7,10-13,16-20,27,30H,3,5,8-9,14-15,21-23H2,1-2H3,(H,35,38)/t30-/m0/s1. The Morgan fingerprint density at radius 2 is 1.70 bits per heavy atom. The molecule has 0 aliphatic heterocycles. The third-order valence-electron chi connectivity index (χ3n) is 7.47. The van der Waals surface area contributed by atoms with E-state index in [2.05, 4.69) is 28.2 Å². The summed E-state index contributed by atoms with van der Waals surface area (Å²) in [6.07, 6.45) is 6.68. The van der Waals surface area contributed by atoms with Crippen molar-refractivity contribution in [1.29, 1.82) is 0 Å². The number of carbonyl (C=O) groups is 2. The number of carbonyl (C=O) groups excluding carboxylic acids is 2. The number of ether oxygens (including phenoxy) is 2. The molecule has 0 heterocycles. The van der Waals surface area contributed by atoms with E-state index >= 15 is 0 Å². The van der Waals surface area contributed by atoms with Crippen LogP contribution in [0.4, 0.5) is 0 Å². The number of nitrogens with one attached hydrogen (secondary N) is 1. The lowest BCUT2D eigenvalue weighted by atomic mass is 9.94. The zero-order valence-electron chi connectivity index (χ0n) is 23.4. The van der Waals surface area contributed by atoms with Gasteiger partial charge < -0.3 is 19.7 Å². The molecule has 2 amide bonds. The van der Waals surface area contributed by atoms with Gasteiger partial charge in [-0.1, -0.05) is 74.7 Å². The average molecular weight is 608 g/mol. The molecule has 1 aliphatic rings. The molecule has 1 saturated carbocycles. The maximum atomic E-state index is 13.9. The lowest BCUT2D eigenvalue weighted by molar-refractivity contribution is -0.143. The summed E-state index contributed by atoms with van der Waals surface area (Å²) in [6, 6.07) is 22.8. The van der Waals surface area contributed by atoms with Crippen molar-refractivity contribution in [2.45, 2.75) is 70.5 Å². The van der Waals surface area contributed by atoms with E-state index in [-0.39, 0.29) is 31.0 Å². The highest BCUT2D eigenvalue weighted by Crippen LogP contribution is 2.27. The van der Waals surface area contributed by atoms with Crippen LogP contribution in [-0.4, -0.2) is 42.5 Å². The van der Waals surface area contributed by atoms with Crippen molar-refractivity contribution in [2.75, 3.05) is 13.7 Å². The summed E-state index contributed by atoms with van der Waals surface area (Å²) in [6.45, 7) is 2.16. The highest BCUT2D eigenvalue weighted by Gasteiger charge is 2.32. The van der Waals surface area contributed by atoms with Crippen molar-refractivity contribution in [3.05, 3.63) is 94.0 Å². The van der Waals surface area contributed by atoms with Crippen molar-refractivity contribution in [3.8, 4) is 11.5 Å². The molecule has 40 heavy (non-hydrogen) atoms. The van der Waals surface area contributed by atoms with Gasteiger partial charge in [-0.15, -0.1) is 0 Å². The van der Waals surface area contributed by atoms with Crippen LogP contribution in [0.3, 0.4) is 0 Å². The van der Waals surface area contributed by atoms with E-state index in [1.54, 1.807) is 12.0 Å². The first-order chi connectivity index (χ1) is 19.5. The fraction of sp³-hybridized carbons (Fsp3) is 0.394. The molecule has 1 fully saturated rings. The van der Waals surface area contributed by atoms with Gasteiger partial charge in [0.1, 0.15) is 17.5 Å². The molecule has 0 unspecified atom stereocenters. The van der Waals surface area contributed by atoms with E-state index < -0.39 is 6.04 Å². The van der Waals surface area contributed by atoms with Gasteiger partial charge >= 0.3 is 0 Å². The Morgan fingerprint density at radius 1 is 0.950 bits per heavy atom. The fourth-order valence-corrected chi connectivity index (χ4v) is 5.71. The minimum absolute atomic E-state index is 0.125. The molecule has 0 radical (unpaired) electrons. The number of halogens is 1. The Labute approximate surface area is 246 Å². The predicted molar refractivity (Wildman–Crippen MR) is 162 cm³/mol. The highest BCUT2D eigenvalue weighted by atomic mass is 79.9. The lowest BCUT2D eigenvalue weighted by Gasteiger charge is -2.33. The summed E-state index contributed by atoms with van der Waals surface area (Å²) in [4.78, 5) is 29.5. The van der Waals surface area contributed by atoms with Gasteiger partial charge in [0.2, 0.25) is 5.91 Å². The van der Waals surface area contributed by atoms with Crippen molar-refractivity contribution >= 4 is 27.7 Å². The molecule has 1 atom stereocenters. The number of hydrogen-bond acceptors (Lipinski definition) is 4.